The number of nitriles is 1. The van der Waals surface area contributed by atoms with Crippen LogP contribution in [0, 0.1) is 25.2 Å². The Balaban J connectivity index is 2.13. The first kappa shape index (κ1) is 13.1. The molecule has 0 atom stereocenters. The summed E-state index contributed by atoms with van der Waals surface area (Å²) in [5.74, 6) is 0.609. The lowest BCUT2D eigenvalue weighted by Crippen LogP contribution is -2.00. The summed E-state index contributed by atoms with van der Waals surface area (Å²) in [6.07, 6.45) is 0. The van der Waals surface area contributed by atoms with Crippen molar-refractivity contribution < 1.29 is 0 Å². The van der Waals surface area contributed by atoms with E-state index in [1.807, 2.05) is 62.4 Å². The topological polar surface area (TPSA) is 48.7 Å². The van der Waals surface area contributed by atoms with E-state index in [1.165, 1.54) is 5.56 Å². The number of nitrogens with zero attached hydrogens (tertiary/aromatic N) is 2. The lowest BCUT2D eigenvalue weighted by Gasteiger charge is -2.12. The summed E-state index contributed by atoms with van der Waals surface area (Å²) >= 11 is 0. The number of fused-ring (bicyclic) bond motifs is 1. The van der Waals surface area contributed by atoms with Crippen molar-refractivity contribution >= 4 is 22.4 Å². The molecule has 0 radical (unpaired) electrons. The SMILES string of the molecule is Cc1ccc(Nc2nc3ccccc3c(C)c2C#N)cc1. The molecule has 0 bridgehead atoms. The molecule has 0 unspecified atom stereocenters. The van der Waals surface area contributed by atoms with Gasteiger partial charge in [-0.1, -0.05) is 35.9 Å². The van der Waals surface area contributed by atoms with Crippen molar-refractivity contribution in [1.82, 2.24) is 4.98 Å². The minimum Gasteiger partial charge on any atom is -0.339 e. The first-order chi connectivity index (χ1) is 10.2. The van der Waals surface area contributed by atoms with Crippen molar-refractivity contribution in [3.05, 3.63) is 65.2 Å². The van der Waals surface area contributed by atoms with Gasteiger partial charge in [-0.15, -0.1) is 0 Å². The van der Waals surface area contributed by atoms with E-state index in [4.69, 9.17) is 0 Å². The molecule has 0 aliphatic rings. The Hall–Kier alpha value is -2.86. The number of aromatic nitrogens is 1. The van der Waals surface area contributed by atoms with E-state index < -0.39 is 0 Å². The highest BCUT2D eigenvalue weighted by atomic mass is 15.0. The van der Waals surface area contributed by atoms with Gasteiger partial charge in [0.15, 0.2) is 0 Å². The largest absolute Gasteiger partial charge is 0.339 e. The van der Waals surface area contributed by atoms with Gasteiger partial charge in [-0.3, -0.25) is 0 Å². The smallest absolute Gasteiger partial charge is 0.149 e. The Kier molecular flexibility index (Phi) is 3.29. The van der Waals surface area contributed by atoms with Gasteiger partial charge < -0.3 is 5.32 Å². The molecule has 0 fully saturated rings. The number of nitrogens with one attached hydrogen (secondary N) is 1. The summed E-state index contributed by atoms with van der Waals surface area (Å²) in [5.41, 5.74) is 4.57. The highest BCUT2D eigenvalue weighted by Gasteiger charge is 2.11. The lowest BCUT2D eigenvalue weighted by molar-refractivity contribution is 1.30. The van der Waals surface area contributed by atoms with Crippen molar-refractivity contribution in [2.24, 2.45) is 0 Å². The van der Waals surface area contributed by atoms with Crippen LogP contribution in [0.5, 0.6) is 0 Å². The fourth-order valence-electron chi connectivity index (χ4n) is 2.38. The van der Waals surface area contributed by atoms with E-state index >= 15 is 0 Å². The first-order valence-corrected chi connectivity index (χ1v) is 6.82. The summed E-state index contributed by atoms with van der Waals surface area (Å²) in [6, 6.07) is 18.2. The van der Waals surface area contributed by atoms with Gasteiger partial charge in [0.05, 0.1) is 11.1 Å². The van der Waals surface area contributed by atoms with Gasteiger partial charge in [0.2, 0.25) is 0 Å². The van der Waals surface area contributed by atoms with Crippen LogP contribution in [0.1, 0.15) is 16.7 Å². The summed E-state index contributed by atoms with van der Waals surface area (Å²) in [4.78, 5) is 4.59. The molecule has 3 rings (SSSR count). The Morgan fingerprint density at radius 1 is 1.00 bits per heavy atom. The van der Waals surface area contributed by atoms with Gasteiger partial charge in [0.25, 0.3) is 0 Å². The van der Waals surface area contributed by atoms with Crippen molar-refractivity contribution in [2.75, 3.05) is 5.32 Å². The third kappa shape index (κ3) is 2.44. The average Bonchev–Trinajstić information content (AvgIpc) is 2.50. The Morgan fingerprint density at radius 3 is 2.43 bits per heavy atom. The second-order valence-electron chi connectivity index (χ2n) is 5.08. The van der Waals surface area contributed by atoms with Crippen molar-refractivity contribution in [3.63, 3.8) is 0 Å². The minimum atomic E-state index is 0.592. The van der Waals surface area contributed by atoms with Crippen LogP contribution in [0.2, 0.25) is 0 Å². The average molecular weight is 273 g/mol. The number of pyridine rings is 1. The molecule has 21 heavy (non-hydrogen) atoms. The van der Waals surface area contributed by atoms with Crippen molar-refractivity contribution in [3.8, 4) is 6.07 Å². The zero-order chi connectivity index (χ0) is 14.8. The number of rotatable bonds is 2. The number of hydrogen-bond acceptors (Lipinski definition) is 3. The van der Waals surface area contributed by atoms with Crippen LogP contribution in [-0.4, -0.2) is 4.98 Å². The zero-order valence-electron chi connectivity index (χ0n) is 12.0. The fourth-order valence-corrected chi connectivity index (χ4v) is 2.38. The highest BCUT2D eigenvalue weighted by Crippen LogP contribution is 2.27. The maximum Gasteiger partial charge on any atom is 0.149 e. The molecule has 0 spiro atoms. The van der Waals surface area contributed by atoms with Crippen LogP contribution in [-0.2, 0) is 0 Å². The highest BCUT2D eigenvalue weighted by molar-refractivity contribution is 5.87. The Bertz CT molecular complexity index is 843. The van der Waals surface area contributed by atoms with Crippen LogP contribution in [0.15, 0.2) is 48.5 Å². The number of aryl methyl sites for hydroxylation is 2. The number of para-hydroxylation sites is 1. The lowest BCUT2D eigenvalue weighted by atomic mass is 10.0. The summed E-state index contributed by atoms with van der Waals surface area (Å²) < 4.78 is 0. The van der Waals surface area contributed by atoms with E-state index in [2.05, 4.69) is 16.4 Å². The van der Waals surface area contributed by atoms with E-state index in [-0.39, 0.29) is 0 Å². The molecule has 3 heteroatoms. The number of anilines is 2. The van der Waals surface area contributed by atoms with E-state index in [0.29, 0.717) is 11.4 Å². The molecular weight excluding hydrogens is 258 g/mol. The molecular formula is C18H15N3. The fraction of sp³-hybridized carbons (Fsp3) is 0.111. The standard InChI is InChI=1S/C18H15N3/c1-12-7-9-14(10-8-12)20-18-16(11-19)13(2)15-5-3-4-6-17(15)21-18/h3-10H,1-2H3,(H,20,21). The van der Waals surface area contributed by atoms with Crippen LogP contribution >= 0.6 is 0 Å². The molecule has 1 N–H and O–H groups in total. The van der Waals surface area contributed by atoms with E-state index in [1.54, 1.807) is 0 Å². The summed E-state index contributed by atoms with van der Waals surface area (Å²) in [6.45, 7) is 4.01. The van der Waals surface area contributed by atoms with E-state index in [9.17, 15) is 5.26 Å². The van der Waals surface area contributed by atoms with Gasteiger partial charge >= 0.3 is 0 Å². The van der Waals surface area contributed by atoms with Gasteiger partial charge in [-0.25, -0.2) is 4.98 Å². The molecule has 2 aromatic carbocycles. The molecule has 3 aromatic rings. The monoisotopic (exact) mass is 273 g/mol. The molecule has 3 nitrogen and oxygen atoms in total. The van der Waals surface area contributed by atoms with Gasteiger partial charge in [-0.05, 0) is 37.6 Å². The van der Waals surface area contributed by atoms with Crippen LogP contribution < -0.4 is 5.32 Å². The van der Waals surface area contributed by atoms with Crippen molar-refractivity contribution in [2.45, 2.75) is 13.8 Å². The normalized spacial score (nSPS) is 10.3. The summed E-state index contributed by atoms with van der Waals surface area (Å²) in [5, 5.41) is 13.7. The Labute approximate surface area is 123 Å². The second kappa shape index (κ2) is 5.26. The third-order valence-corrected chi connectivity index (χ3v) is 3.58. The third-order valence-electron chi connectivity index (χ3n) is 3.58. The van der Waals surface area contributed by atoms with Gasteiger partial charge in [-0.2, -0.15) is 5.26 Å². The van der Waals surface area contributed by atoms with Crippen LogP contribution in [0.4, 0.5) is 11.5 Å². The number of hydrogen-bond donors (Lipinski definition) is 1. The Morgan fingerprint density at radius 2 is 1.71 bits per heavy atom. The van der Waals surface area contributed by atoms with Crippen LogP contribution in [0.25, 0.3) is 10.9 Å². The molecule has 102 valence electrons. The molecule has 0 amide bonds. The van der Waals surface area contributed by atoms with Crippen LogP contribution in [0.3, 0.4) is 0 Å². The zero-order valence-corrected chi connectivity index (χ0v) is 12.0. The first-order valence-electron chi connectivity index (χ1n) is 6.82. The molecule has 0 saturated carbocycles. The molecule has 1 heterocycles. The molecule has 0 aliphatic heterocycles. The second-order valence-corrected chi connectivity index (χ2v) is 5.08. The van der Waals surface area contributed by atoms with E-state index in [0.717, 1.165) is 22.2 Å². The maximum absolute atomic E-state index is 9.45. The minimum absolute atomic E-state index is 0.592. The van der Waals surface area contributed by atoms with Gasteiger partial charge in [0, 0.05) is 11.1 Å². The predicted octanol–water partition coefficient (Wildman–Crippen LogP) is 4.47. The molecule has 0 saturated heterocycles. The van der Waals surface area contributed by atoms with Gasteiger partial charge in [0.1, 0.15) is 11.9 Å². The predicted molar refractivity (Wildman–Crippen MR) is 85.7 cm³/mol. The number of benzene rings is 2. The van der Waals surface area contributed by atoms with Crippen molar-refractivity contribution in [1.29, 1.82) is 5.26 Å². The maximum atomic E-state index is 9.45. The quantitative estimate of drug-likeness (QED) is 0.749. The summed E-state index contributed by atoms with van der Waals surface area (Å²) in [7, 11) is 0. The molecule has 0 aliphatic carbocycles. The molecule has 1 aromatic heterocycles.